The molecule has 0 aliphatic rings. The van der Waals surface area contributed by atoms with Gasteiger partial charge in [-0.15, -0.1) is 0 Å². The van der Waals surface area contributed by atoms with Gasteiger partial charge < -0.3 is 14.6 Å². The molecule has 1 aromatic rings. The second kappa shape index (κ2) is 7.03. The molecule has 0 amide bonds. The number of pyridine rings is 1. The van der Waals surface area contributed by atoms with Crippen LogP contribution < -0.4 is 4.74 Å². The Kier molecular flexibility index (Phi) is 5.60. The van der Waals surface area contributed by atoms with Gasteiger partial charge in [0.15, 0.2) is 10.9 Å². The zero-order chi connectivity index (χ0) is 11.8. The third-order valence-electron chi connectivity index (χ3n) is 1.67. The molecular formula is C10H12ClNO4. The van der Waals surface area contributed by atoms with Crippen molar-refractivity contribution in [3.8, 4) is 5.75 Å². The Bertz CT molecular complexity index is 345. The fourth-order valence-corrected chi connectivity index (χ4v) is 1.12. The predicted molar refractivity (Wildman–Crippen MR) is 57.8 cm³/mol. The van der Waals surface area contributed by atoms with E-state index in [-0.39, 0.29) is 13.0 Å². The molecule has 0 aromatic carbocycles. The van der Waals surface area contributed by atoms with Crippen LogP contribution in [0, 0.1) is 0 Å². The van der Waals surface area contributed by atoms with E-state index in [1.165, 1.54) is 0 Å². The number of aliphatic carboxylic acids is 1. The summed E-state index contributed by atoms with van der Waals surface area (Å²) < 4.78 is 10.3. The summed E-state index contributed by atoms with van der Waals surface area (Å²) in [5, 5.41) is 8.65. The van der Waals surface area contributed by atoms with Gasteiger partial charge >= 0.3 is 5.97 Å². The minimum atomic E-state index is -0.878. The van der Waals surface area contributed by atoms with E-state index in [1.807, 2.05) is 0 Å². The highest BCUT2D eigenvalue weighted by Gasteiger charge is 2.01. The van der Waals surface area contributed by atoms with Crippen LogP contribution in [0.2, 0.25) is 5.15 Å². The maximum absolute atomic E-state index is 10.2. The van der Waals surface area contributed by atoms with Crippen LogP contribution in [0.5, 0.6) is 5.75 Å². The second-order valence-electron chi connectivity index (χ2n) is 2.90. The lowest BCUT2D eigenvalue weighted by atomic mass is 10.4. The average molecular weight is 246 g/mol. The molecule has 0 spiro atoms. The summed E-state index contributed by atoms with van der Waals surface area (Å²) in [5.74, 6) is -0.387. The lowest BCUT2D eigenvalue weighted by Gasteiger charge is -2.06. The first-order valence-corrected chi connectivity index (χ1v) is 5.11. The van der Waals surface area contributed by atoms with Gasteiger partial charge in [-0.05, 0) is 12.1 Å². The van der Waals surface area contributed by atoms with Crippen LogP contribution in [0.25, 0.3) is 0 Å². The molecule has 0 bridgehead atoms. The van der Waals surface area contributed by atoms with E-state index in [1.54, 1.807) is 18.3 Å². The number of rotatable bonds is 7. The first-order valence-electron chi connectivity index (χ1n) is 4.73. The van der Waals surface area contributed by atoms with E-state index in [9.17, 15) is 4.79 Å². The van der Waals surface area contributed by atoms with Crippen LogP contribution in [-0.2, 0) is 9.53 Å². The fraction of sp³-hybridized carbons (Fsp3) is 0.400. The molecule has 16 heavy (non-hydrogen) atoms. The third-order valence-corrected chi connectivity index (χ3v) is 1.95. The van der Waals surface area contributed by atoms with Gasteiger partial charge in [-0.1, -0.05) is 11.6 Å². The largest absolute Gasteiger partial charge is 0.488 e. The zero-order valence-corrected chi connectivity index (χ0v) is 9.31. The Morgan fingerprint density at radius 2 is 2.25 bits per heavy atom. The number of nitrogens with zero attached hydrogens (tertiary/aromatic N) is 1. The highest BCUT2D eigenvalue weighted by molar-refractivity contribution is 6.30. The summed E-state index contributed by atoms with van der Waals surface area (Å²) in [5.41, 5.74) is 0. The fourth-order valence-electron chi connectivity index (χ4n) is 0.951. The summed E-state index contributed by atoms with van der Waals surface area (Å²) >= 11 is 5.75. The van der Waals surface area contributed by atoms with E-state index < -0.39 is 5.97 Å². The van der Waals surface area contributed by atoms with Crippen molar-refractivity contribution in [3.05, 3.63) is 23.5 Å². The number of carbonyl (C=O) groups is 1. The van der Waals surface area contributed by atoms with Gasteiger partial charge in [-0.3, -0.25) is 4.79 Å². The first kappa shape index (κ1) is 12.7. The molecule has 0 saturated carbocycles. The maximum atomic E-state index is 10.2. The molecular weight excluding hydrogens is 234 g/mol. The molecule has 0 unspecified atom stereocenters. The van der Waals surface area contributed by atoms with Crippen molar-refractivity contribution in [1.82, 2.24) is 4.98 Å². The smallest absolute Gasteiger partial charge is 0.305 e. The summed E-state index contributed by atoms with van der Waals surface area (Å²) in [6.07, 6.45) is 1.56. The van der Waals surface area contributed by atoms with Gasteiger partial charge in [0.1, 0.15) is 6.61 Å². The Hall–Kier alpha value is -1.33. The summed E-state index contributed by atoms with van der Waals surface area (Å²) in [6, 6.07) is 3.42. The standard InChI is InChI=1S/C10H12ClNO4/c11-10-8(2-1-4-12-10)16-7-6-15-5-3-9(13)14/h1-2,4H,3,5-7H2,(H,13,14). The van der Waals surface area contributed by atoms with Crippen molar-refractivity contribution in [1.29, 1.82) is 0 Å². The Balaban J connectivity index is 2.12. The number of hydrogen-bond acceptors (Lipinski definition) is 4. The van der Waals surface area contributed by atoms with Crippen LogP contribution in [0.4, 0.5) is 0 Å². The van der Waals surface area contributed by atoms with Gasteiger partial charge in [-0.2, -0.15) is 0 Å². The molecule has 6 heteroatoms. The number of halogens is 1. The van der Waals surface area contributed by atoms with E-state index in [4.69, 9.17) is 26.2 Å². The molecule has 1 rings (SSSR count). The van der Waals surface area contributed by atoms with E-state index >= 15 is 0 Å². The number of hydrogen-bond donors (Lipinski definition) is 1. The second-order valence-corrected chi connectivity index (χ2v) is 3.25. The minimum absolute atomic E-state index is 0.00630. The Morgan fingerprint density at radius 3 is 2.94 bits per heavy atom. The molecule has 0 aliphatic heterocycles. The summed E-state index contributed by atoms with van der Waals surface area (Å²) in [4.78, 5) is 14.0. The van der Waals surface area contributed by atoms with Crippen molar-refractivity contribution >= 4 is 17.6 Å². The van der Waals surface area contributed by atoms with Gasteiger partial charge in [0, 0.05) is 6.20 Å². The van der Waals surface area contributed by atoms with E-state index in [0.717, 1.165) is 0 Å². The first-order chi connectivity index (χ1) is 7.70. The van der Waals surface area contributed by atoms with Crippen LogP contribution in [0.15, 0.2) is 18.3 Å². The van der Waals surface area contributed by atoms with Gasteiger partial charge in [-0.25, -0.2) is 4.98 Å². The van der Waals surface area contributed by atoms with Crippen molar-refractivity contribution < 1.29 is 19.4 Å². The normalized spacial score (nSPS) is 10.1. The lowest BCUT2D eigenvalue weighted by molar-refractivity contribution is -0.138. The molecule has 88 valence electrons. The Labute approximate surface area is 98.0 Å². The lowest BCUT2D eigenvalue weighted by Crippen LogP contribution is -2.10. The molecule has 0 fully saturated rings. The monoisotopic (exact) mass is 245 g/mol. The maximum Gasteiger partial charge on any atom is 0.305 e. The number of aromatic nitrogens is 1. The quantitative estimate of drug-likeness (QED) is 0.584. The molecule has 0 aliphatic carbocycles. The van der Waals surface area contributed by atoms with Gasteiger partial charge in [0.2, 0.25) is 0 Å². The van der Waals surface area contributed by atoms with E-state index in [2.05, 4.69) is 4.98 Å². The molecule has 5 nitrogen and oxygen atoms in total. The van der Waals surface area contributed by atoms with Gasteiger partial charge in [0.25, 0.3) is 0 Å². The number of carboxylic acid groups (broad SMARTS) is 1. The van der Waals surface area contributed by atoms with Crippen LogP contribution in [0.1, 0.15) is 6.42 Å². The van der Waals surface area contributed by atoms with E-state index in [0.29, 0.717) is 24.1 Å². The summed E-state index contributed by atoms with van der Waals surface area (Å²) in [7, 11) is 0. The minimum Gasteiger partial charge on any atom is -0.488 e. The van der Waals surface area contributed by atoms with Crippen LogP contribution in [-0.4, -0.2) is 35.9 Å². The molecule has 1 aromatic heterocycles. The van der Waals surface area contributed by atoms with Crippen molar-refractivity contribution in [2.75, 3.05) is 19.8 Å². The molecule has 1 N–H and O–H groups in total. The topological polar surface area (TPSA) is 68.7 Å². The predicted octanol–water partition coefficient (Wildman–Crippen LogP) is 1.61. The zero-order valence-electron chi connectivity index (χ0n) is 8.56. The van der Waals surface area contributed by atoms with Gasteiger partial charge in [0.05, 0.1) is 19.6 Å². The number of ether oxygens (including phenoxy) is 2. The molecule has 0 saturated heterocycles. The number of carboxylic acids is 1. The third kappa shape index (κ3) is 4.95. The molecule has 0 atom stereocenters. The Morgan fingerprint density at radius 1 is 1.44 bits per heavy atom. The van der Waals surface area contributed by atoms with Crippen molar-refractivity contribution in [3.63, 3.8) is 0 Å². The van der Waals surface area contributed by atoms with Crippen LogP contribution >= 0.6 is 11.6 Å². The van der Waals surface area contributed by atoms with Crippen molar-refractivity contribution in [2.45, 2.75) is 6.42 Å². The SMILES string of the molecule is O=C(O)CCOCCOc1cccnc1Cl. The van der Waals surface area contributed by atoms with Crippen molar-refractivity contribution in [2.24, 2.45) is 0 Å². The highest BCUT2D eigenvalue weighted by Crippen LogP contribution is 2.19. The molecule has 0 radical (unpaired) electrons. The molecule has 1 heterocycles. The average Bonchev–Trinajstić information content (AvgIpc) is 2.25. The highest BCUT2D eigenvalue weighted by atomic mass is 35.5. The summed E-state index contributed by atoms with van der Waals surface area (Å²) in [6.45, 7) is 0.809. The van der Waals surface area contributed by atoms with Crippen LogP contribution in [0.3, 0.4) is 0 Å².